The Balaban J connectivity index is 2.69. The Labute approximate surface area is 133 Å². The highest BCUT2D eigenvalue weighted by molar-refractivity contribution is 7.85. The summed E-state index contributed by atoms with van der Waals surface area (Å²) in [6.45, 7) is 0. The fourth-order valence-corrected chi connectivity index (χ4v) is 2.95. The largest absolute Gasteiger partial charge is 0.288 e. The van der Waals surface area contributed by atoms with Crippen LogP contribution in [0.25, 0.3) is 0 Å². The van der Waals surface area contributed by atoms with Crippen LogP contribution in [-0.4, -0.2) is 31.6 Å². The number of hydrogen-bond donors (Lipinski definition) is 0. The van der Waals surface area contributed by atoms with Gasteiger partial charge in [0.1, 0.15) is 0 Å². The lowest BCUT2D eigenvalue weighted by molar-refractivity contribution is -0.00978. The molecule has 1 aliphatic rings. The minimum atomic E-state index is -4.10. The molecule has 0 spiro atoms. The molecule has 0 radical (unpaired) electrons. The zero-order chi connectivity index (χ0) is 15.4. The maximum atomic E-state index is 12.0. The molecule has 1 aliphatic heterocycles. The number of carbonyl (C=O) groups is 2. The van der Waals surface area contributed by atoms with Crippen LogP contribution in [0.15, 0.2) is 0 Å². The van der Waals surface area contributed by atoms with E-state index in [9.17, 15) is 18.0 Å². The zero-order valence-corrected chi connectivity index (χ0v) is 13.2. The second-order valence-electron chi connectivity index (χ2n) is 3.69. The fraction of sp³-hybridized carbons (Fsp3) is 0.111. The van der Waals surface area contributed by atoms with Crippen molar-refractivity contribution in [3.05, 3.63) is 31.2 Å². The second kappa shape index (κ2) is 5.01. The zero-order valence-electron chi connectivity index (χ0n) is 9.41. The quantitative estimate of drug-likeness (QED) is 0.449. The number of hydrogen-bond acceptors (Lipinski definition) is 5. The third-order valence-corrected chi connectivity index (χ3v) is 4.50. The maximum Gasteiger partial charge on any atom is 0.288 e. The molecule has 20 heavy (non-hydrogen) atoms. The first-order chi connectivity index (χ1) is 9.06. The van der Waals surface area contributed by atoms with Crippen LogP contribution >= 0.6 is 46.4 Å². The normalized spacial score (nSPS) is 14.9. The van der Waals surface area contributed by atoms with Crippen LogP contribution in [0.2, 0.25) is 20.1 Å². The molecule has 6 nitrogen and oxygen atoms in total. The molecular weight excluding hydrogens is 376 g/mol. The van der Waals surface area contributed by atoms with Gasteiger partial charge in [-0.05, 0) is 0 Å². The highest BCUT2D eigenvalue weighted by atomic mass is 35.5. The van der Waals surface area contributed by atoms with Gasteiger partial charge in [-0.25, -0.2) is 0 Å². The number of carbonyl (C=O) groups excluding carboxylic acids is 2. The third kappa shape index (κ3) is 2.38. The monoisotopic (exact) mass is 377 g/mol. The van der Waals surface area contributed by atoms with Crippen LogP contribution in [0.5, 0.6) is 0 Å². The number of nitrogens with zero attached hydrogens (tertiary/aromatic N) is 1. The van der Waals surface area contributed by atoms with E-state index in [2.05, 4.69) is 4.28 Å². The number of amides is 2. The van der Waals surface area contributed by atoms with Gasteiger partial charge in [0, 0.05) is 0 Å². The standard InChI is InChI=1S/C9H3Cl4NO5S/c1-20(17,18)19-14-8(15)2-3(9(14)16)5(11)7(13)6(12)4(2)10/h1H3. The summed E-state index contributed by atoms with van der Waals surface area (Å²) in [5, 5.41) is -1.04. The van der Waals surface area contributed by atoms with E-state index >= 15 is 0 Å². The molecule has 0 saturated carbocycles. The van der Waals surface area contributed by atoms with E-state index in [0.29, 0.717) is 6.26 Å². The summed E-state index contributed by atoms with van der Waals surface area (Å²) in [5.41, 5.74) is -0.723. The van der Waals surface area contributed by atoms with Crippen LogP contribution in [0.3, 0.4) is 0 Å². The Morgan fingerprint density at radius 2 is 1.20 bits per heavy atom. The highest BCUT2D eigenvalue weighted by Crippen LogP contribution is 2.44. The van der Waals surface area contributed by atoms with Gasteiger partial charge in [0.05, 0.1) is 37.5 Å². The molecule has 1 aromatic carbocycles. The molecule has 108 valence electrons. The van der Waals surface area contributed by atoms with Crippen LogP contribution in [0.1, 0.15) is 20.7 Å². The number of fused-ring (bicyclic) bond motifs is 1. The minimum absolute atomic E-state index is 0.0322. The van der Waals surface area contributed by atoms with Crippen molar-refractivity contribution < 1.29 is 22.3 Å². The van der Waals surface area contributed by atoms with Gasteiger partial charge in [0.25, 0.3) is 21.9 Å². The highest BCUT2D eigenvalue weighted by Gasteiger charge is 2.44. The van der Waals surface area contributed by atoms with Crippen LogP contribution in [0.4, 0.5) is 0 Å². The van der Waals surface area contributed by atoms with Crippen molar-refractivity contribution in [3.8, 4) is 0 Å². The van der Waals surface area contributed by atoms with E-state index in [1.54, 1.807) is 0 Å². The van der Waals surface area contributed by atoms with E-state index in [1.807, 2.05) is 0 Å². The predicted octanol–water partition coefficient (Wildman–Crippen LogP) is 2.79. The first kappa shape index (κ1) is 15.8. The lowest BCUT2D eigenvalue weighted by Gasteiger charge is -2.10. The van der Waals surface area contributed by atoms with Crippen molar-refractivity contribution in [3.63, 3.8) is 0 Å². The molecule has 0 aliphatic carbocycles. The Hall–Kier alpha value is -0.570. The fourth-order valence-electron chi connectivity index (χ4n) is 1.53. The minimum Gasteiger partial charge on any atom is -0.266 e. The maximum absolute atomic E-state index is 12.0. The number of halogens is 4. The lowest BCUT2D eigenvalue weighted by atomic mass is 10.1. The van der Waals surface area contributed by atoms with Gasteiger partial charge in [-0.15, -0.1) is 9.35 Å². The van der Waals surface area contributed by atoms with Gasteiger partial charge in [0.2, 0.25) is 0 Å². The molecular formula is C9H3Cl4NO5S. The molecule has 0 unspecified atom stereocenters. The number of hydroxylamine groups is 2. The van der Waals surface area contributed by atoms with Gasteiger partial charge in [-0.1, -0.05) is 46.4 Å². The van der Waals surface area contributed by atoms with Crippen molar-refractivity contribution in [2.24, 2.45) is 0 Å². The van der Waals surface area contributed by atoms with E-state index < -0.39 is 21.9 Å². The van der Waals surface area contributed by atoms with E-state index in [0.717, 1.165) is 0 Å². The Morgan fingerprint density at radius 1 is 0.850 bits per heavy atom. The number of rotatable bonds is 2. The van der Waals surface area contributed by atoms with E-state index in [-0.39, 0.29) is 36.3 Å². The molecule has 0 fully saturated rings. The summed E-state index contributed by atoms with van der Waals surface area (Å²) in [6.07, 6.45) is 0.666. The SMILES string of the molecule is CS(=O)(=O)ON1C(=O)c2c(Cl)c(Cl)c(Cl)c(Cl)c2C1=O. The topological polar surface area (TPSA) is 80.8 Å². The summed E-state index contributed by atoms with van der Waals surface area (Å²) in [5.74, 6) is -2.19. The van der Waals surface area contributed by atoms with Crippen molar-refractivity contribution in [1.82, 2.24) is 5.06 Å². The summed E-state index contributed by atoms with van der Waals surface area (Å²) in [7, 11) is -4.10. The summed E-state index contributed by atoms with van der Waals surface area (Å²) < 4.78 is 26.4. The van der Waals surface area contributed by atoms with Gasteiger partial charge in [-0.3, -0.25) is 9.59 Å². The first-order valence-electron chi connectivity index (χ1n) is 4.70. The Kier molecular flexibility index (Phi) is 3.96. The summed E-state index contributed by atoms with van der Waals surface area (Å²) in [4.78, 5) is 24.0. The number of imide groups is 1. The van der Waals surface area contributed by atoms with Gasteiger partial charge in [-0.2, -0.15) is 8.42 Å². The first-order valence-corrected chi connectivity index (χ1v) is 8.03. The Bertz CT molecular complexity index is 713. The summed E-state index contributed by atoms with van der Waals surface area (Å²) >= 11 is 23.2. The average molecular weight is 379 g/mol. The second-order valence-corrected chi connectivity index (χ2v) is 6.76. The van der Waals surface area contributed by atoms with Crippen LogP contribution in [-0.2, 0) is 14.4 Å². The molecule has 1 aromatic rings. The van der Waals surface area contributed by atoms with E-state index in [4.69, 9.17) is 46.4 Å². The van der Waals surface area contributed by atoms with Crippen molar-refractivity contribution >= 4 is 68.3 Å². The average Bonchev–Trinajstić information content (AvgIpc) is 2.57. The third-order valence-electron chi connectivity index (χ3n) is 2.27. The van der Waals surface area contributed by atoms with Gasteiger partial charge < -0.3 is 0 Å². The van der Waals surface area contributed by atoms with E-state index in [1.165, 1.54) is 0 Å². The van der Waals surface area contributed by atoms with Crippen LogP contribution in [0, 0.1) is 0 Å². The molecule has 11 heteroatoms. The van der Waals surface area contributed by atoms with Gasteiger partial charge >= 0.3 is 0 Å². The molecule has 1 heterocycles. The van der Waals surface area contributed by atoms with Crippen LogP contribution < -0.4 is 0 Å². The van der Waals surface area contributed by atoms with Gasteiger partial charge in [0.15, 0.2) is 0 Å². The number of benzene rings is 1. The molecule has 0 aromatic heterocycles. The molecule has 2 amide bonds. The summed E-state index contributed by atoms with van der Waals surface area (Å²) in [6, 6.07) is 0. The van der Waals surface area contributed by atoms with Crippen molar-refractivity contribution in [2.45, 2.75) is 0 Å². The molecule has 0 saturated heterocycles. The lowest BCUT2D eigenvalue weighted by Crippen LogP contribution is -2.32. The molecule has 0 N–H and O–H groups in total. The van der Waals surface area contributed by atoms with Crippen molar-refractivity contribution in [2.75, 3.05) is 6.26 Å². The molecule has 0 bridgehead atoms. The molecule has 2 rings (SSSR count). The Morgan fingerprint density at radius 3 is 1.50 bits per heavy atom. The molecule has 0 atom stereocenters. The predicted molar refractivity (Wildman–Crippen MR) is 72.9 cm³/mol. The smallest absolute Gasteiger partial charge is 0.266 e. The van der Waals surface area contributed by atoms with Crippen molar-refractivity contribution in [1.29, 1.82) is 0 Å².